The Kier molecular flexibility index (Phi) is 3.07. The summed E-state index contributed by atoms with van der Waals surface area (Å²) < 4.78 is 19.1. The molecule has 2 bridgehead atoms. The predicted octanol–water partition coefficient (Wildman–Crippen LogP) is 3.49. The molecule has 0 radical (unpaired) electrons. The van der Waals surface area contributed by atoms with Crippen molar-refractivity contribution in [1.82, 2.24) is 4.90 Å². The average Bonchev–Trinajstić information content (AvgIpc) is 2.94. The zero-order chi connectivity index (χ0) is 14.4. The van der Waals surface area contributed by atoms with Crippen LogP contribution in [0.4, 0.5) is 4.39 Å². The average molecular weight is 287 g/mol. The first-order valence-corrected chi connectivity index (χ1v) is 7.64. The number of para-hydroxylation sites is 1. The van der Waals surface area contributed by atoms with Crippen LogP contribution in [0.2, 0.25) is 0 Å². The van der Waals surface area contributed by atoms with Crippen molar-refractivity contribution in [3.05, 3.63) is 35.8 Å². The minimum atomic E-state index is -0.408. The Hall–Kier alpha value is -1.68. The lowest BCUT2D eigenvalue weighted by Gasteiger charge is -2.44. The van der Waals surface area contributed by atoms with Crippen LogP contribution in [0.15, 0.2) is 28.7 Å². The van der Waals surface area contributed by atoms with Gasteiger partial charge in [0.25, 0.3) is 0 Å². The van der Waals surface area contributed by atoms with E-state index in [1.807, 2.05) is 0 Å². The normalized spacial score (nSPS) is 28.1. The van der Waals surface area contributed by atoms with Crippen LogP contribution in [0.1, 0.15) is 29.8 Å². The molecule has 21 heavy (non-hydrogen) atoms. The van der Waals surface area contributed by atoms with Crippen LogP contribution in [0, 0.1) is 17.7 Å². The first-order valence-electron chi connectivity index (χ1n) is 7.64. The third kappa shape index (κ3) is 2.27. The zero-order valence-electron chi connectivity index (χ0n) is 11.8. The number of Topliss-reactive ketones (excluding diaryl/α,β-unsaturated/α-hetero) is 1. The molecular weight excluding hydrogens is 269 g/mol. The molecule has 0 unspecified atom stereocenters. The number of nitrogens with zero attached hydrogens (tertiary/aromatic N) is 1. The highest BCUT2D eigenvalue weighted by Gasteiger charge is 2.35. The Balaban J connectivity index is 1.55. The van der Waals surface area contributed by atoms with Gasteiger partial charge in [-0.1, -0.05) is 12.1 Å². The summed E-state index contributed by atoms with van der Waals surface area (Å²) in [7, 11) is 0. The Morgan fingerprint density at radius 1 is 1.33 bits per heavy atom. The highest BCUT2D eigenvalue weighted by Crippen LogP contribution is 2.35. The summed E-state index contributed by atoms with van der Waals surface area (Å²) in [5, 5.41) is 0.660. The van der Waals surface area contributed by atoms with Gasteiger partial charge in [-0.2, -0.15) is 0 Å². The van der Waals surface area contributed by atoms with E-state index in [1.54, 1.807) is 18.2 Å². The molecule has 1 aromatic heterocycles. The van der Waals surface area contributed by atoms with Gasteiger partial charge in [0, 0.05) is 18.4 Å². The molecule has 1 aromatic carbocycles. The second kappa shape index (κ2) is 4.95. The summed E-state index contributed by atoms with van der Waals surface area (Å²) in [6.07, 6.45) is 2.92. The van der Waals surface area contributed by atoms with Gasteiger partial charge >= 0.3 is 0 Å². The highest BCUT2D eigenvalue weighted by molar-refractivity contribution is 5.97. The van der Waals surface area contributed by atoms with Crippen LogP contribution >= 0.6 is 0 Å². The third-order valence-corrected chi connectivity index (χ3v) is 5.01. The molecule has 110 valence electrons. The number of piperidine rings is 3. The third-order valence-electron chi connectivity index (χ3n) is 5.01. The minimum absolute atomic E-state index is 0.00403. The van der Waals surface area contributed by atoms with Gasteiger partial charge in [-0.05, 0) is 49.9 Å². The fraction of sp³-hybridized carbons (Fsp3) is 0.471. The van der Waals surface area contributed by atoms with Gasteiger partial charge in [-0.3, -0.25) is 4.79 Å². The van der Waals surface area contributed by atoms with Crippen molar-refractivity contribution in [1.29, 1.82) is 0 Å². The molecule has 5 rings (SSSR count). The van der Waals surface area contributed by atoms with Crippen molar-refractivity contribution in [3.63, 3.8) is 0 Å². The molecule has 3 fully saturated rings. The summed E-state index contributed by atoms with van der Waals surface area (Å²) in [4.78, 5) is 14.9. The van der Waals surface area contributed by atoms with Crippen molar-refractivity contribution < 1.29 is 13.6 Å². The second-order valence-electron chi connectivity index (χ2n) is 6.29. The summed E-state index contributed by atoms with van der Waals surface area (Å²) >= 11 is 0. The summed E-state index contributed by atoms with van der Waals surface area (Å²) in [5.41, 5.74) is 0.190. The van der Waals surface area contributed by atoms with Crippen LogP contribution in [0.5, 0.6) is 0 Å². The molecule has 3 nitrogen and oxygen atoms in total. The Bertz CT molecular complexity index is 685. The monoisotopic (exact) mass is 287 g/mol. The van der Waals surface area contributed by atoms with E-state index in [0.29, 0.717) is 29.4 Å². The lowest BCUT2D eigenvalue weighted by Crippen LogP contribution is -2.47. The van der Waals surface area contributed by atoms with Crippen LogP contribution in [-0.2, 0) is 0 Å². The van der Waals surface area contributed by atoms with E-state index in [9.17, 15) is 9.18 Å². The van der Waals surface area contributed by atoms with Crippen LogP contribution in [0.25, 0.3) is 11.0 Å². The van der Waals surface area contributed by atoms with Crippen molar-refractivity contribution in [2.75, 3.05) is 19.6 Å². The van der Waals surface area contributed by atoms with Crippen LogP contribution in [0.3, 0.4) is 0 Å². The number of benzene rings is 1. The first kappa shape index (κ1) is 13.0. The van der Waals surface area contributed by atoms with E-state index in [2.05, 4.69) is 4.90 Å². The Labute approximate surface area is 122 Å². The molecule has 3 aliphatic heterocycles. The lowest BCUT2D eigenvalue weighted by molar-refractivity contribution is 0.0433. The van der Waals surface area contributed by atoms with Crippen molar-refractivity contribution >= 4 is 16.8 Å². The molecule has 4 heterocycles. The fourth-order valence-electron chi connectivity index (χ4n) is 3.82. The van der Waals surface area contributed by atoms with E-state index in [4.69, 9.17) is 4.42 Å². The molecule has 1 atom stereocenters. The number of halogens is 1. The first-order chi connectivity index (χ1) is 10.2. The van der Waals surface area contributed by atoms with E-state index in [0.717, 1.165) is 6.54 Å². The smallest absolute Gasteiger partial charge is 0.198 e. The van der Waals surface area contributed by atoms with Gasteiger partial charge in [0.15, 0.2) is 22.9 Å². The fourth-order valence-corrected chi connectivity index (χ4v) is 3.82. The molecule has 2 aromatic rings. The van der Waals surface area contributed by atoms with Gasteiger partial charge < -0.3 is 9.32 Å². The highest BCUT2D eigenvalue weighted by atomic mass is 19.1. The van der Waals surface area contributed by atoms with Gasteiger partial charge in [0.1, 0.15) is 0 Å². The van der Waals surface area contributed by atoms with Crippen molar-refractivity contribution in [3.8, 4) is 0 Å². The Morgan fingerprint density at radius 2 is 2.14 bits per heavy atom. The Morgan fingerprint density at radius 3 is 2.81 bits per heavy atom. The molecular formula is C17H18FNO2. The molecule has 0 amide bonds. The molecule has 0 saturated carbocycles. The zero-order valence-corrected chi connectivity index (χ0v) is 11.8. The number of furan rings is 1. The lowest BCUT2D eigenvalue weighted by atomic mass is 9.76. The SMILES string of the molecule is O=C(C[C@@H]1CN2CCC1CC2)c1cc2cccc(F)c2o1. The second-order valence-corrected chi connectivity index (χ2v) is 6.29. The number of hydrogen-bond acceptors (Lipinski definition) is 3. The maximum absolute atomic E-state index is 13.6. The standard InChI is InChI=1S/C17H18FNO2/c18-14-3-1-2-12-9-16(21-17(12)14)15(20)8-13-10-19-6-4-11(13)5-7-19/h1-3,9,11,13H,4-8,10H2/t13-/m1/s1. The van der Waals surface area contributed by atoms with Gasteiger partial charge in [0.2, 0.25) is 0 Å². The summed E-state index contributed by atoms with van der Waals surface area (Å²) in [6, 6.07) is 6.43. The van der Waals surface area contributed by atoms with E-state index in [1.165, 1.54) is 32.0 Å². The van der Waals surface area contributed by atoms with Crippen molar-refractivity contribution in [2.24, 2.45) is 11.8 Å². The molecule has 3 saturated heterocycles. The summed E-state index contributed by atoms with van der Waals surface area (Å²) in [5.74, 6) is 0.989. The molecule has 4 heteroatoms. The molecule has 0 spiro atoms. The van der Waals surface area contributed by atoms with Gasteiger partial charge in [-0.25, -0.2) is 4.39 Å². The number of carbonyl (C=O) groups excluding carboxylic acids is 1. The maximum atomic E-state index is 13.6. The van der Waals surface area contributed by atoms with E-state index in [-0.39, 0.29) is 11.4 Å². The molecule has 3 aliphatic rings. The topological polar surface area (TPSA) is 33.5 Å². The van der Waals surface area contributed by atoms with E-state index >= 15 is 0 Å². The number of hydrogen-bond donors (Lipinski definition) is 0. The van der Waals surface area contributed by atoms with Gasteiger partial charge in [-0.15, -0.1) is 0 Å². The number of ketones is 1. The molecule has 0 aliphatic carbocycles. The summed E-state index contributed by atoms with van der Waals surface area (Å²) in [6.45, 7) is 3.36. The quantitative estimate of drug-likeness (QED) is 0.810. The van der Waals surface area contributed by atoms with Gasteiger partial charge in [0.05, 0.1) is 0 Å². The van der Waals surface area contributed by atoms with Crippen LogP contribution in [-0.4, -0.2) is 30.3 Å². The molecule has 0 N–H and O–H groups in total. The van der Waals surface area contributed by atoms with Crippen molar-refractivity contribution in [2.45, 2.75) is 19.3 Å². The maximum Gasteiger partial charge on any atom is 0.198 e. The minimum Gasteiger partial charge on any atom is -0.450 e. The number of carbonyl (C=O) groups is 1. The number of fused-ring (bicyclic) bond motifs is 4. The largest absolute Gasteiger partial charge is 0.450 e. The van der Waals surface area contributed by atoms with Crippen LogP contribution < -0.4 is 0 Å². The van der Waals surface area contributed by atoms with E-state index < -0.39 is 5.82 Å². The number of rotatable bonds is 3. The predicted molar refractivity (Wildman–Crippen MR) is 77.8 cm³/mol.